The van der Waals surface area contributed by atoms with Gasteiger partial charge in [0.2, 0.25) is 0 Å². The highest BCUT2D eigenvalue weighted by molar-refractivity contribution is 7.99. The number of rotatable bonds is 8. The summed E-state index contributed by atoms with van der Waals surface area (Å²) in [6.45, 7) is 2.08. The first-order valence-corrected chi connectivity index (χ1v) is 12.8. The molecule has 6 nitrogen and oxygen atoms in total. The molecule has 5 aromatic rings. The van der Waals surface area contributed by atoms with Gasteiger partial charge in [-0.05, 0) is 60.5 Å². The summed E-state index contributed by atoms with van der Waals surface area (Å²) in [4.78, 5) is 20.3. The van der Waals surface area contributed by atoms with Crippen LogP contribution in [0.1, 0.15) is 11.1 Å². The minimum atomic E-state index is 0.619. The number of nitrogens with zero attached hydrogens (tertiary/aromatic N) is 4. The largest absolute Gasteiger partial charge is 0.497 e. The Bertz CT molecular complexity index is 1450. The van der Waals surface area contributed by atoms with E-state index in [0.29, 0.717) is 16.6 Å². The van der Waals surface area contributed by atoms with E-state index in [9.17, 15) is 0 Å². The van der Waals surface area contributed by atoms with Gasteiger partial charge in [-0.25, -0.2) is 19.9 Å². The Labute approximate surface area is 212 Å². The van der Waals surface area contributed by atoms with Crippen molar-refractivity contribution >= 4 is 46.1 Å². The maximum atomic E-state index is 5.26. The summed E-state index contributed by atoms with van der Waals surface area (Å²) in [5, 5.41) is 4.91. The van der Waals surface area contributed by atoms with Crippen molar-refractivity contribution < 1.29 is 4.74 Å². The molecular weight excluding hydrogens is 474 g/mol. The number of nitrogens with one attached hydrogen (secondary N) is 1. The first kappa shape index (κ1) is 23.1. The van der Waals surface area contributed by atoms with Crippen LogP contribution in [0.25, 0.3) is 11.0 Å². The molecule has 0 aliphatic heterocycles. The Balaban J connectivity index is 1.34. The van der Waals surface area contributed by atoms with Crippen LogP contribution in [0, 0.1) is 6.92 Å². The summed E-state index contributed by atoms with van der Waals surface area (Å²) in [5.74, 6) is 2.33. The van der Waals surface area contributed by atoms with E-state index >= 15 is 0 Å². The molecule has 0 bridgehead atoms. The van der Waals surface area contributed by atoms with Gasteiger partial charge in [-0.3, -0.25) is 0 Å². The summed E-state index contributed by atoms with van der Waals surface area (Å²) in [5.41, 5.74) is 3.95. The smallest absolute Gasteiger partial charge is 0.189 e. The second-order valence-corrected chi connectivity index (χ2v) is 9.91. The van der Waals surface area contributed by atoms with Crippen molar-refractivity contribution in [1.29, 1.82) is 0 Å². The van der Waals surface area contributed by atoms with Crippen molar-refractivity contribution in [2.24, 2.45) is 0 Å². The summed E-state index contributed by atoms with van der Waals surface area (Å²) in [7, 11) is 1.67. The topological polar surface area (TPSA) is 72.8 Å². The molecule has 1 N–H and O–H groups in total. The Morgan fingerprint density at radius 1 is 0.886 bits per heavy atom. The first-order valence-electron chi connectivity index (χ1n) is 11.0. The summed E-state index contributed by atoms with van der Waals surface area (Å²) in [6, 6.07) is 24.7. The fourth-order valence-electron chi connectivity index (χ4n) is 3.52. The average molecular weight is 498 g/mol. The lowest BCUT2D eigenvalue weighted by atomic mass is 10.2. The lowest BCUT2D eigenvalue weighted by Gasteiger charge is -2.11. The zero-order valence-corrected chi connectivity index (χ0v) is 20.9. The summed E-state index contributed by atoms with van der Waals surface area (Å²) in [6.07, 6.45) is 3.33. The number of ether oxygens (including phenoxy) is 1. The molecule has 3 aromatic carbocycles. The standard InChI is InChI=1S/C27H23N5OS2/c1-18-12-20(14-23(13-18)35-22-10-8-21(33-2)9-11-22)31-25-24-15-28-27(32-26(24)30-17-29-25)34-16-19-6-4-3-5-7-19/h3-15,17H,16H2,1-2H3,(H,28,29,30,31,32). The molecular formula is C27H23N5OS2. The number of aromatic nitrogens is 4. The molecule has 0 saturated carbocycles. The van der Waals surface area contributed by atoms with Crippen LogP contribution >= 0.6 is 23.5 Å². The molecule has 8 heteroatoms. The molecule has 5 rings (SSSR count). The van der Waals surface area contributed by atoms with Gasteiger partial charge in [-0.15, -0.1) is 0 Å². The third kappa shape index (κ3) is 5.90. The molecule has 0 radical (unpaired) electrons. The van der Waals surface area contributed by atoms with E-state index in [1.54, 1.807) is 36.8 Å². The first-order chi connectivity index (χ1) is 17.2. The second-order valence-electron chi connectivity index (χ2n) is 7.82. The third-order valence-corrected chi connectivity index (χ3v) is 7.10. The lowest BCUT2D eigenvalue weighted by Crippen LogP contribution is -1.99. The van der Waals surface area contributed by atoms with Crippen LogP contribution in [0.2, 0.25) is 0 Å². The van der Waals surface area contributed by atoms with Crippen molar-refractivity contribution in [3.05, 3.63) is 96.4 Å². The van der Waals surface area contributed by atoms with Gasteiger partial charge in [0.25, 0.3) is 0 Å². The quantitative estimate of drug-likeness (QED) is 0.183. The van der Waals surface area contributed by atoms with Gasteiger partial charge in [0.05, 0.1) is 12.5 Å². The molecule has 2 aromatic heterocycles. The summed E-state index contributed by atoms with van der Waals surface area (Å²) < 4.78 is 5.26. The maximum absolute atomic E-state index is 5.26. The minimum Gasteiger partial charge on any atom is -0.497 e. The van der Waals surface area contributed by atoms with E-state index < -0.39 is 0 Å². The molecule has 0 fully saturated rings. The number of hydrogen-bond acceptors (Lipinski definition) is 8. The van der Waals surface area contributed by atoms with Gasteiger partial charge < -0.3 is 10.1 Å². The number of hydrogen-bond donors (Lipinski definition) is 1. The number of benzene rings is 3. The van der Waals surface area contributed by atoms with E-state index in [4.69, 9.17) is 4.74 Å². The SMILES string of the molecule is COc1ccc(Sc2cc(C)cc(Nc3ncnc4nc(SCc5ccccc5)ncc34)c2)cc1. The molecule has 174 valence electrons. The Morgan fingerprint density at radius 2 is 1.71 bits per heavy atom. The van der Waals surface area contributed by atoms with Gasteiger partial charge in [0, 0.05) is 27.4 Å². The molecule has 0 atom stereocenters. The van der Waals surface area contributed by atoms with Crippen LogP contribution < -0.4 is 10.1 Å². The normalized spacial score (nSPS) is 10.9. The highest BCUT2D eigenvalue weighted by Crippen LogP contribution is 2.33. The van der Waals surface area contributed by atoms with E-state index in [2.05, 4.69) is 74.6 Å². The van der Waals surface area contributed by atoms with Crippen LogP contribution in [-0.2, 0) is 5.75 Å². The minimum absolute atomic E-state index is 0.619. The second kappa shape index (κ2) is 10.8. The number of methoxy groups -OCH3 is 1. The van der Waals surface area contributed by atoms with E-state index in [0.717, 1.165) is 37.9 Å². The zero-order valence-electron chi connectivity index (χ0n) is 19.3. The molecule has 0 aliphatic rings. The predicted molar refractivity (Wildman–Crippen MR) is 143 cm³/mol. The van der Waals surface area contributed by atoms with Crippen molar-refractivity contribution in [1.82, 2.24) is 19.9 Å². The van der Waals surface area contributed by atoms with Gasteiger partial charge in [-0.2, -0.15) is 0 Å². The average Bonchev–Trinajstić information content (AvgIpc) is 2.88. The highest BCUT2D eigenvalue weighted by Gasteiger charge is 2.10. The Kier molecular flexibility index (Phi) is 7.11. The molecule has 0 aliphatic carbocycles. The van der Waals surface area contributed by atoms with Gasteiger partial charge in [0.1, 0.15) is 17.9 Å². The number of fused-ring (bicyclic) bond motifs is 1. The summed E-state index contributed by atoms with van der Waals surface area (Å²) >= 11 is 3.29. The van der Waals surface area contributed by atoms with E-state index in [1.165, 1.54) is 11.9 Å². The van der Waals surface area contributed by atoms with Gasteiger partial charge >= 0.3 is 0 Å². The fourth-order valence-corrected chi connectivity index (χ4v) is 5.26. The van der Waals surface area contributed by atoms with Crippen LogP contribution in [0.3, 0.4) is 0 Å². The van der Waals surface area contributed by atoms with Crippen LogP contribution in [0.15, 0.2) is 100 Å². The van der Waals surface area contributed by atoms with Crippen molar-refractivity contribution in [3.8, 4) is 5.75 Å². The molecule has 0 amide bonds. The Hall–Kier alpha value is -3.62. The third-order valence-electron chi connectivity index (χ3n) is 5.19. The molecule has 35 heavy (non-hydrogen) atoms. The maximum Gasteiger partial charge on any atom is 0.189 e. The van der Waals surface area contributed by atoms with Crippen LogP contribution in [0.5, 0.6) is 5.75 Å². The highest BCUT2D eigenvalue weighted by atomic mass is 32.2. The molecule has 2 heterocycles. The van der Waals surface area contributed by atoms with E-state index in [-0.39, 0.29) is 0 Å². The molecule has 0 spiro atoms. The lowest BCUT2D eigenvalue weighted by molar-refractivity contribution is 0.414. The van der Waals surface area contributed by atoms with Crippen molar-refractivity contribution in [2.75, 3.05) is 12.4 Å². The van der Waals surface area contributed by atoms with Crippen molar-refractivity contribution in [3.63, 3.8) is 0 Å². The van der Waals surface area contributed by atoms with E-state index in [1.807, 2.05) is 30.3 Å². The molecule has 0 unspecified atom stereocenters. The Morgan fingerprint density at radius 3 is 2.51 bits per heavy atom. The van der Waals surface area contributed by atoms with Crippen LogP contribution in [0.4, 0.5) is 11.5 Å². The van der Waals surface area contributed by atoms with Gasteiger partial charge in [0.15, 0.2) is 10.8 Å². The number of anilines is 2. The number of aryl methyl sites for hydroxylation is 1. The molecule has 0 saturated heterocycles. The van der Waals surface area contributed by atoms with Crippen LogP contribution in [-0.4, -0.2) is 27.0 Å². The van der Waals surface area contributed by atoms with Gasteiger partial charge in [-0.1, -0.05) is 53.9 Å². The zero-order chi connectivity index (χ0) is 24.0. The fraction of sp³-hybridized carbons (Fsp3) is 0.111. The van der Waals surface area contributed by atoms with Crippen molar-refractivity contribution in [2.45, 2.75) is 27.6 Å². The monoisotopic (exact) mass is 497 g/mol. The predicted octanol–water partition coefficient (Wildman–Crippen LogP) is 6.92. The number of thioether (sulfide) groups is 1.